The summed E-state index contributed by atoms with van der Waals surface area (Å²) in [5.74, 6) is 2.84. The molecule has 0 aromatic heterocycles. The molecule has 2 nitrogen and oxygen atoms in total. The first kappa shape index (κ1) is 15.8. The van der Waals surface area contributed by atoms with Gasteiger partial charge in [0.1, 0.15) is 0 Å². The van der Waals surface area contributed by atoms with E-state index in [1.165, 1.54) is 77.4 Å². The second kappa shape index (κ2) is 7.46. The van der Waals surface area contributed by atoms with Crippen LogP contribution in [0.1, 0.15) is 71.6 Å². The first-order valence-electron chi connectivity index (χ1n) is 9.71. The minimum absolute atomic E-state index is 0.809. The van der Waals surface area contributed by atoms with Crippen molar-refractivity contribution in [3.8, 4) is 0 Å². The summed E-state index contributed by atoms with van der Waals surface area (Å²) in [6.45, 7) is 8.69. The Balaban J connectivity index is 1.55. The van der Waals surface area contributed by atoms with E-state index < -0.39 is 0 Å². The minimum atomic E-state index is 0.809. The number of nitrogens with zero attached hydrogens (tertiary/aromatic N) is 1. The molecule has 0 bridgehead atoms. The van der Waals surface area contributed by atoms with Crippen LogP contribution in [0.5, 0.6) is 0 Å². The predicted octanol–water partition coefficient (Wildman–Crippen LogP) is 4.06. The van der Waals surface area contributed by atoms with Crippen LogP contribution in [-0.2, 0) is 0 Å². The van der Waals surface area contributed by atoms with E-state index >= 15 is 0 Å². The topological polar surface area (TPSA) is 15.3 Å². The van der Waals surface area contributed by atoms with Crippen LogP contribution in [0.15, 0.2) is 0 Å². The molecule has 2 unspecified atom stereocenters. The summed E-state index contributed by atoms with van der Waals surface area (Å²) < 4.78 is 0. The SMILES string of the molecule is CC(C)CCCN1CC(C2CC2)NCC1C1CCCCC1. The lowest BCUT2D eigenvalue weighted by Crippen LogP contribution is -2.59. The Bertz CT molecular complexity index is 305. The van der Waals surface area contributed by atoms with Gasteiger partial charge in [0.2, 0.25) is 0 Å². The Kier molecular flexibility index (Phi) is 5.61. The summed E-state index contributed by atoms with van der Waals surface area (Å²) in [6.07, 6.45) is 13.2. The number of piperazine rings is 1. The third kappa shape index (κ3) is 4.45. The van der Waals surface area contributed by atoms with Crippen molar-refractivity contribution in [1.29, 1.82) is 0 Å². The fraction of sp³-hybridized carbons (Fsp3) is 1.00. The summed E-state index contributed by atoms with van der Waals surface area (Å²) in [7, 11) is 0. The molecule has 0 spiro atoms. The summed E-state index contributed by atoms with van der Waals surface area (Å²) in [6, 6.07) is 1.65. The van der Waals surface area contributed by atoms with Crippen molar-refractivity contribution < 1.29 is 0 Å². The molecule has 122 valence electrons. The maximum Gasteiger partial charge on any atom is 0.0249 e. The van der Waals surface area contributed by atoms with Gasteiger partial charge in [-0.25, -0.2) is 0 Å². The zero-order chi connectivity index (χ0) is 14.7. The van der Waals surface area contributed by atoms with Crippen LogP contribution < -0.4 is 5.32 Å². The monoisotopic (exact) mass is 292 g/mol. The molecule has 1 saturated heterocycles. The Morgan fingerprint density at radius 1 is 1.00 bits per heavy atom. The van der Waals surface area contributed by atoms with Crippen LogP contribution in [0, 0.1) is 17.8 Å². The molecule has 3 rings (SSSR count). The van der Waals surface area contributed by atoms with Gasteiger partial charge < -0.3 is 5.32 Å². The van der Waals surface area contributed by atoms with Gasteiger partial charge in [-0.3, -0.25) is 4.90 Å². The normalized spacial score (nSPS) is 32.7. The highest BCUT2D eigenvalue weighted by atomic mass is 15.2. The average molecular weight is 293 g/mol. The van der Waals surface area contributed by atoms with Gasteiger partial charge in [-0.2, -0.15) is 0 Å². The zero-order valence-corrected chi connectivity index (χ0v) is 14.3. The molecule has 0 radical (unpaired) electrons. The fourth-order valence-corrected chi connectivity index (χ4v) is 4.61. The molecular weight excluding hydrogens is 256 g/mol. The van der Waals surface area contributed by atoms with Crippen molar-refractivity contribution in [2.45, 2.75) is 83.7 Å². The van der Waals surface area contributed by atoms with E-state index in [2.05, 4.69) is 24.1 Å². The molecule has 2 aliphatic carbocycles. The Morgan fingerprint density at radius 2 is 1.76 bits per heavy atom. The van der Waals surface area contributed by atoms with Gasteiger partial charge in [-0.1, -0.05) is 33.1 Å². The number of hydrogen-bond donors (Lipinski definition) is 1. The maximum absolute atomic E-state index is 3.92. The van der Waals surface area contributed by atoms with Gasteiger partial charge in [0.05, 0.1) is 0 Å². The summed E-state index contributed by atoms with van der Waals surface area (Å²) >= 11 is 0. The molecule has 1 heterocycles. The van der Waals surface area contributed by atoms with E-state index in [1.54, 1.807) is 0 Å². The summed E-state index contributed by atoms with van der Waals surface area (Å²) in [5, 5.41) is 3.92. The van der Waals surface area contributed by atoms with Gasteiger partial charge in [0, 0.05) is 25.2 Å². The molecule has 0 aromatic carbocycles. The highest BCUT2D eigenvalue weighted by molar-refractivity contribution is 4.96. The lowest BCUT2D eigenvalue weighted by Gasteiger charge is -2.45. The third-order valence-electron chi connectivity index (χ3n) is 6.10. The number of nitrogens with one attached hydrogen (secondary N) is 1. The van der Waals surface area contributed by atoms with E-state index in [0.29, 0.717) is 0 Å². The minimum Gasteiger partial charge on any atom is -0.311 e. The molecule has 2 saturated carbocycles. The predicted molar refractivity (Wildman–Crippen MR) is 90.5 cm³/mol. The van der Waals surface area contributed by atoms with Crippen LogP contribution in [0.2, 0.25) is 0 Å². The third-order valence-corrected chi connectivity index (χ3v) is 6.10. The first-order valence-corrected chi connectivity index (χ1v) is 9.71. The van der Waals surface area contributed by atoms with E-state index in [4.69, 9.17) is 0 Å². The Labute approximate surface area is 132 Å². The van der Waals surface area contributed by atoms with E-state index in [1.807, 2.05) is 0 Å². The number of hydrogen-bond acceptors (Lipinski definition) is 2. The maximum atomic E-state index is 3.92. The first-order chi connectivity index (χ1) is 10.2. The van der Waals surface area contributed by atoms with Crippen molar-refractivity contribution in [2.24, 2.45) is 17.8 Å². The molecule has 3 aliphatic rings. The van der Waals surface area contributed by atoms with Gasteiger partial charge in [-0.05, 0) is 62.8 Å². The van der Waals surface area contributed by atoms with E-state index in [-0.39, 0.29) is 0 Å². The lowest BCUT2D eigenvalue weighted by atomic mass is 9.82. The highest BCUT2D eigenvalue weighted by Gasteiger charge is 2.39. The smallest absolute Gasteiger partial charge is 0.0249 e. The molecule has 3 fully saturated rings. The Morgan fingerprint density at radius 3 is 2.43 bits per heavy atom. The van der Waals surface area contributed by atoms with Gasteiger partial charge in [0.25, 0.3) is 0 Å². The molecule has 1 N–H and O–H groups in total. The van der Waals surface area contributed by atoms with E-state index in [0.717, 1.165) is 29.8 Å². The lowest BCUT2D eigenvalue weighted by molar-refractivity contribution is 0.0649. The van der Waals surface area contributed by atoms with Crippen molar-refractivity contribution in [2.75, 3.05) is 19.6 Å². The second-order valence-electron chi connectivity index (χ2n) is 8.35. The average Bonchev–Trinajstić information content (AvgIpc) is 3.32. The van der Waals surface area contributed by atoms with Crippen LogP contribution in [-0.4, -0.2) is 36.6 Å². The largest absolute Gasteiger partial charge is 0.311 e. The van der Waals surface area contributed by atoms with Crippen LogP contribution in [0.3, 0.4) is 0 Å². The standard InChI is InChI=1S/C19H36N2/c1-15(2)7-6-12-21-14-18(16-10-11-16)20-13-19(21)17-8-4-3-5-9-17/h15-20H,3-14H2,1-2H3. The molecule has 0 amide bonds. The van der Waals surface area contributed by atoms with Gasteiger partial charge in [-0.15, -0.1) is 0 Å². The summed E-state index contributed by atoms with van der Waals surface area (Å²) in [4.78, 5) is 2.90. The molecule has 2 heteroatoms. The van der Waals surface area contributed by atoms with Gasteiger partial charge in [0.15, 0.2) is 0 Å². The van der Waals surface area contributed by atoms with Gasteiger partial charge >= 0.3 is 0 Å². The molecule has 1 aliphatic heterocycles. The van der Waals surface area contributed by atoms with Crippen LogP contribution in [0.4, 0.5) is 0 Å². The quantitative estimate of drug-likeness (QED) is 0.794. The molecule has 0 aromatic rings. The fourth-order valence-electron chi connectivity index (χ4n) is 4.61. The second-order valence-corrected chi connectivity index (χ2v) is 8.35. The van der Waals surface area contributed by atoms with Crippen LogP contribution in [0.25, 0.3) is 0 Å². The van der Waals surface area contributed by atoms with Crippen molar-refractivity contribution in [1.82, 2.24) is 10.2 Å². The zero-order valence-electron chi connectivity index (χ0n) is 14.3. The molecule has 21 heavy (non-hydrogen) atoms. The molecular formula is C19H36N2. The summed E-state index contributed by atoms with van der Waals surface area (Å²) in [5.41, 5.74) is 0. The van der Waals surface area contributed by atoms with Crippen LogP contribution >= 0.6 is 0 Å². The van der Waals surface area contributed by atoms with E-state index in [9.17, 15) is 0 Å². The van der Waals surface area contributed by atoms with Crippen molar-refractivity contribution in [3.63, 3.8) is 0 Å². The number of rotatable bonds is 6. The van der Waals surface area contributed by atoms with Crippen molar-refractivity contribution in [3.05, 3.63) is 0 Å². The highest BCUT2D eigenvalue weighted by Crippen LogP contribution is 2.36. The van der Waals surface area contributed by atoms with Crippen molar-refractivity contribution >= 4 is 0 Å². The Hall–Kier alpha value is -0.0800. The molecule has 2 atom stereocenters.